The van der Waals surface area contributed by atoms with Gasteiger partial charge in [-0.05, 0) is 54.0 Å². The Kier molecular flexibility index (Phi) is 5.68. The predicted octanol–water partition coefficient (Wildman–Crippen LogP) is 3.25. The lowest BCUT2D eigenvalue weighted by molar-refractivity contribution is -0.119. The fourth-order valence-electron chi connectivity index (χ4n) is 2.62. The number of benzene rings is 2. The quantitative estimate of drug-likeness (QED) is 0.677. The summed E-state index contributed by atoms with van der Waals surface area (Å²) in [5.41, 5.74) is 4.29. The van der Waals surface area contributed by atoms with Crippen LogP contribution >= 0.6 is 11.8 Å². The smallest absolute Gasteiger partial charge is 0.230 e. The normalized spacial score (nSPS) is 12.0. The Morgan fingerprint density at radius 3 is 2.69 bits per heavy atom. The van der Waals surface area contributed by atoms with E-state index >= 15 is 0 Å². The van der Waals surface area contributed by atoms with Crippen molar-refractivity contribution in [2.24, 2.45) is 0 Å². The first kappa shape index (κ1) is 18.1. The van der Waals surface area contributed by atoms with Gasteiger partial charge in [-0.15, -0.1) is 5.10 Å². The van der Waals surface area contributed by atoms with Crippen LogP contribution in [0.2, 0.25) is 0 Å². The van der Waals surface area contributed by atoms with Crippen molar-refractivity contribution < 1.29 is 4.79 Å². The van der Waals surface area contributed by atoms with Crippen LogP contribution in [0.5, 0.6) is 0 Å². The molecule has 26 heavy (non-hydrogen) atoms. The number of tetrazole rings is 1. The van der Waals surface area contributed by atoms with Gasteiger partial charge < -0.3 is 5.32 Å². The molecule has 0 saturated carbocycles. The third-order valence-corrected chi connectivity index (χ3v) is 5.17. The molecular weight excluding hydrogens is 346 g/mol. The van der Waals surface area contributed by atoms with Gasteiger partial charge in [0.1, 0.15) is 0 Å². The minimum Gasteiger partial charge on any atom is -0.349 e. The van der Waals surface area contributed by atoms with E-state index in [-0.39, 0.29) is 17.7 Å². The van der Waals surface area contributed by atoms with Crippen LogP contribution in [-0.4, -0.2) is 31.9 Å². The Morgan fingerprint density at radius 1 is 1.15 bits per heavy atom. The summed E-state index contributed by atoms with van der Waals surface area (Å²) < 4.78 is 1.68. The van der Waals surface area contributed by atoms with Gasteiger partial charge in [-0.2, -0.15) is 4.68 Å². The molecule has 3 rings (SSSR count). The van der Waals surface area contributed by atoms with Crippen molar-refractivity contribution in [3.8, 4) is 5.69 Å². The topological polar surface area (TPSA) is 72.7 Å². The summed E-state index contributed by atoms with van der Waals surface area (Å²) in [6, 6.07) is 15.8. The van der Waals surface area contributed by atoms with Gasteiger partial charge in [0.2, 0.25) is 11.1 Å². The molecular formula is C19H21N5OS. The van der Waals surface area contributed by atoms with Crippen molar-refractivity contribution in [2.45, 2.75) is 32.0 Å². The van der Waals surface area contributed by atoms with Gasteiger partial charge in [0, 0.05) is 0 Å². The van der Waals surface area contributed by atoms with Crippen LogP contribution in [0.25, 0.3) is 5.69 Å². The van der Waals surface area contributed by atoms with Crippen molar-refractivity contribution in [3.05, 3.63) is 65.2 Å². The zero-order valence-electron chi connectivity index (χ0n) is 15.0. The molecule has 0 aliphatic heterocycles. The van der Waals surface area contributed by atoms with Crippen molar-refractivity contribution >= 4 is 17.7 Å². The molecule has 0 bridgehead atoms. The highest BCUT2D eigenvalue weighted by Crippen LogP contribution is 2.22. The lowest BCUT2D eigenvalue weighted by Crippen LogP contribution is -2.28. The molecule has 0 spiro atoms. The summed E-state index contributed by atoms with van der Waals surface area (Å²) in [5.74, 6) is 0.199. The third-order valence-electron chi connectivity index (χ3n) is 4.25. The zero-order valence-corrected chi connectivity index (χ0v) is 15.8. The standard InChI is InChI=1S/C19H21N5OS/c1-13-8-7-11-17(14(13)2)24-19(21-22-23-24)26-12-18(25)20-15(3)16-9-5-4-6-10-16/h4-11,15H,12H2,1-3H3,(H,20,25). The van der Waals surface area contributed by atoms with Crippen LogP contribution < -0.4 is 5.32 Å². The van der Waals surface area contributed by atoms with Gasteiger partial charge in [0.05, 0.1) is 17.5 Å². The molecule has 1 heterocycles. The van der Waals surface area contributed by atoms with Crippen LogP contribution in [0.15, 0.2) is 53.7 Å². The van der Waals surface area contributed by atoms with E-state index in [9.17, 15) is 4.79 Å². The maximum absolute atomic E-state index is 12.3. The highest BCUT2D eigenvalue weighted by molar-refractivity contribution is 7.99. The minimum absolute atomic E-state index is 0.0423. The predicted molar refractivity (Wildman–Crippen MR) is 102 cm³/mol. The summed E-state index contributed by atoms with van der Waals surface area (Å²) in [7, 11) is 0. The number of hydrogen-bond donors (Lipinski definition) is 1. The van der Waals surface area contributed by atoms with E-state index < -0.39 is 0 Å². The fraction of sp³-hybridized carbons (Fsp3) is 0.263. The Bertz CT molecular complexity index is 894. The third kappa shape index (κ3) is 4.11. The van der Waals surface area contributed by atoms with Gasteiger partial charge in [0.25, 0.3) is 0 Å². The zero-order chi connectivity index (χ0) is 18.5. The molecule has 134 valence electrons. The van der Waals surface area contributed by atoms with E-state index in [1.807, 2.05) is 56.3 Å². The molecule has 2 aromatic carbocycles. The van der Waals surface area contributed by atoms with E-state index in [1.54, 1.807) is 4.68 Å². The number of hydrogen-bond acceptors (Lipinski definition) is 5. The maximum Gasteiger partial charge on any atom is 0.230 e. The number of aryl methyl sites for hydroxylation is 1. The number of nitrogens with zero attached hydrogens (tertiary/aromatic N) is 4. The number of carbonyl (C=O) groups excluding carboxylic acids is 1. The number of nitrogens with one attached hydrogen (secondary N) is 1. The summed E-state index contributed by atoms with van der Waals surface area (Å²) >= 11 is 1.32. The molecule has 6 nitrogen and oxygen atoms in total. The average molecular weight is 367 g/mol. The average Bonchev–Trinajstić information content (AvgIpc) is 3.11. The Morgan fingerprint density at radius 2 is 1.92 bits per heavy atom. The first-order valence-corrected chi connectivity index (χ1v) is 9.37. The highest BCUT2D eigenvalue weighted by Gasteiger charge is 2.15. The molecule has 0 saturated heterocycles. The number of thioether (sulfide) groups is 1. The van der Waals surface area contributed by atoms with E-state index in [1.165, 1.54) is 17.3 Å². The first-order valence-electron chi connectivity index (χ1n) is 8.38. The van der Waals surface area contributed by atoms with Gasteiger partial charge in [-0.3, -0.25) is 4.79 Å². The van der Waals surface area contributed by atoms with Crippen molar-refractivity contribution in [3.63, 3.8) is 0 Å². The number of rotatable bonds is 6. The summed E-state index contributed by atoms with van der Waals surface area (Å²) in [5, 5.41) is 15.5. The van der Waals surface area contributed by atoms with Crippen LogP contribution in [0, 0.1) is 13.8 Å². The molecule has 0 aliphatic carbocycles. The second-order valence-electron chi connectivity index (χ2n) is 6.08. The summed E-state index contributed by atoms with van der Waals surface area (Å²) in [4.78, 5) is 12.3. The first-order chi connectivity index (χ1) is 12.6. The fourth-order valence-corrected chi connectivity index (χ4v) is 3.32. The Labute approximate surface area is 157 Å². The molecule has 1 aromatic heterocycles. The molecule has 7 heteroatoms. The SMILES string of the molecule is Cc1cccc(-n2nnnc2SCC(=O)NC(C)c2ccccc2)c1C. The number of amides is 1. The Balaban J connectivity index is 1.65. The second-order valence-corrected chi connectivity index (χ2v) is 7.02. The van der Waals surface area contributed by atoms with Gasteiger partial charge >= 0.3 is 0 Å². The molecule has 0 aliphatic rings. The molecule has 1 atom stereocenters. The number of carbonyl (C=O) groups is 1. The van der Waals surface area contributed by atoms with E-state index in [0.717, 1.165) is 16.8 Å². The van der Waals surface area contributed by atoms with Crippen molar-refractivity contribution in [2.75, 3.05) is 5.75 Å². The van der Waals surface area contributed by atoms with Crippen LogP contribution in [-0.2, 0) is 4.79 Å². The maximum atomic E-state index is 12.3. The van der Waals surface area contributed by atoms with E-state index in [0.29, 0.717) is 5.16 Å². The van der Waals surface area contributed by atoms with Crippen molar-refractivity contribution in [1.82, 2.24) is 25.5 Å². The van der Waals surface area contributed by atoms with Gasteiger partial charge in [0.15, 0.2) is 0 Å². The highest BCUT2D eigenvalue weighted by atomic mass is 32.2. The van der Waals surface area contributed by atoms with Crippen LogP contribution in [0.3, 0.4) is 0 Å². The van der Waals surface area contributed by atoms with Crippen LogP contribution in [0.1, 0.15) is 29.7 Å². The molecule has 0 radical (unpaired) electrons. The lowest BCUT2D eigenvalue weighted by atomic mass is 10.1. The molecule has 1 unspecified atom stereocenters. The van der Waals surface area contributed by atoms with Gasteiger partial charge in [-0.1, -0.05) is 54.2 Å². The minimum atomic E-state index is -0.0538. The van der Waals surface area contributed by atoms with Gasteiger partial charge in [-0.25, -0.2) is 0 Å². The van der Waals surface area contributed by atoms with Crippen molar-refractivity contribution in [1.29, 1.82) is 0 Å². The summed E-state index contributed by atoms with van der Waals surface area (Å²) in [6.07, 6.45) is 0. The van der Waals surface area contributed by atoms with E-state index in [2.05, 4.69) is 33.8 Å². The van der Waals surface area contributed by atoms with Crippen LogP contribution in [0.4, 0.5) is 0 Å². The molecule has 3 aromatic rings. The number of aromatic nitrogens is 4. The van der Waals surface area contributed by atoms with E-state index in [4.69, 9.17) is 0 Å². The Hall–Kier alpha value is -2.67. The lowest BCUT2D eigenvalue weighted by Gasteiger charge is -2.14. The molecule has 1 N–H and O–H groups in total. The molecule has 1 amide bonds. The monoisotopic (exact) mass is 367 g/mol. The summed E-state index contributed by atoms with van der Waals surface area (Å²) in [6.45, 7) is 6.06. The molecule has 0 fully saturated rings. The largest absolute Gasteiger partial charge is 0.349 e. The second kappa shape index (κ2) is 8.14.